The fourth-order valence-corrected chi connectivity index (χ4v) is 2.90. The molecule has 0 aliphatic carbocycles. The van der Waals surface area contributed by atoms with Crippen molar-refractivity contribution in [3.8, 4) is 0 Å². The van der Waals surface area contributed by atoms with Gasteiger partial charge in [-0.2, -0.15) is 0 Å². The largest absolute Gasteiger partial charge is 0.326 e. The average molecular weight is 363 g/mol. The second-order valence-electron chi connectivity index (χ2n) is 6.66. The molecule has 0 fully saturated rings. The molecule has 3 nitrogen and oxygen atoms in total. The van der Waals surface area contributed by atoms with Gasteiger partial charge in [0, 0.05) is 27.6 Å². The maximum atomic E-state index is 12.1. The molecule has 0 aliphatic rings. The zero-order chi connectivity index (χ0) is 17.6. The predicted molar refractivity (Wildman–Crippen MR) is 104 cm³/mol. The SMILES string of the molecule is CC(C)(C)NSc1ccc(NC(=O)CCc2cccc(Cl)c2)cc1. The molecule has 0 aliphatic heterocycles. The van der Waals surface area contributed by atoms with E-state index in [1.165, 1.54) is 0 Å². The van der Waals surface area contributed by atoms with Gasteiger partial charge >= 0.3 is 0 Å². The topological polar surface area (TPSA) is 41.1 Å². The monoisotopic (exact) mass is 362 g/mol. The van der Waals surface area contributed by atoms with Crippen LogP contribution in [0.5, 0.6) is 0 Å². The highest BCUT2D eigenvalue weighted by molar-refractivity contribution is 7.97. The number of hydrogen-bond donors (Lipinski definition) is 2. The molecule has 2 rings (SSSR count). The van der Waals surface area contributed by atoms with Crippen LogP contribution in [0.25, 0.3) is 0 Å². The van der Waals surface area contributed by atoms with Crippen molar-refractivity contribution >= 4 is 35.1 Å². The van der Waals surface area contributed by atoms with Crippen LogP contribution in [0.1, 0.15) is 32.8 Å². The lowest BCUT2D eigenvalue weighted by molar-refractivity contribution is -0.116. The summed E-state index contributed by atoms with van der Waals surface area (Å²) in [5.74, 6) is 0.00296. The van der Waals surface area contributed by atoms with Crippen molar-refractivity contribution in [1.29, 1.82) is 0 Å². The van der Waals surface area contributed by atoms with Gasteiger partial charge in [-0.25, -0.2) is 0 Å². The highest BCUT2D eigenvalue weighted by atomic mass is 35.5. The van der Waals surface area contributed by atoms with Crippen molar-refractivity contribution in [2.24, 2.45) is 0 Å². The Balaban J connectivity index is 1.81. The fraction of sp³-hybridized carbons (Fsp3) is 0.316. The Kier molecular flexibility index (Phi) is 6.72. The van der Waals surface area contributed by atoms with Crippen LogP contribution in [0.2, 0.25) is 5.02 Å². The van der Waals surface area contributed by atoms with E-state index in [1.807, 2.05) is 48.5 Å². The molecule has 0 saturated heterocycles. The third-order valence-electron chi connectivity index (χ3n) is 3.14. The summed E-state index contributed by atoms with van der Waals surface area (Å²) in [5, 5.41) is 3.62. The summed E-state index contributed by atoms with van der Waals surface area (Å²) in [5.41, 5.74) is 1.93. The lowest BCUT2D eigenvalue weighted by Crippen LogP contribution is -2.29. The van der Waals surface area contributed by atoms with Gasteiger partial charge in [-0.15, -0.1) is 0 Å². The van der Waals surface area contributed by atoms with Crippen molar-refractivity contribution < 1.29 is 4.79 Å². The molecule has 128 valence electrons. The molecule has 5 heteroatoms. The summed E-state index contributed by atoms with van der Waals surface area (Å²) < 4.78 is 3.36. The van der Waals surface area contributed by atoms with Crippen molar-refractivity contribution in [3.05, 3.63) is 59.1 Å². The smallest absolute Gasteiger partial charge is 0.224 e. The molecule has 0 heterocycles. The lowest BCUT2D eigenvalue weighted by atomic mass is 10.1. The van der Waals surface area contributed by atoms with E-state index < -0.39 is 0 Å². The van der Waals surface area contributed by atoms with Gasteiger partial charge in [0.2, 0.25) is 5.91 Å². The van der Waals surface area contributed by atoms with Gasteiger partial charge in [-0.3, -0.25) is 9.52 Å². The number of carbonyl (C=O) groups is 1. The first kappa shape index (κ1) is 18.8. The van der Waals surface area contributed by atoms with Gasteiger partial charge in [-0.05, 0) is 81.1 Å². The Hall–Kier alpha value is -1.49. The van der Waals surface area contributed by atoms with E-state index in [4.69, 9.17) is 11.6 Å². The first-order chi connectivity index (χ1) is 11.3. The normalized spacial score (nSPS) is 11.3. The molecule has 2 aromatic rings. The number of rotatable bonds is 6. The summed E-state index contributed by atoms with van der Waals surface area (Å²) in [7, 11) is 0. The van der Waals surface area contributed by atoms with Crippen LogP contribution in [0, 0.1) is 0 Å². The Morgan fingerprint density at radius 2 is 1.83 bits per heavy atom. The minimum absolute atomic E-state index is 0.00296. The van der Waals surface area contributed by atoms with Crippen LogP contribution < -0.4 is 10.0 Å². The Labute approximate surface area is 153 Å². The van der Waals surface area contributed by atoms with Crippen LogP contribution in [-0.4, -0.2) is 11.4 Å². The van der Waals surface area contributed by atoms with Crippen molar-refractivity contribution in [1.82, 2.24) is 4.72 Å². The number of aryl methyl sites for hydroxylation is 1. The molecule has 0 aromatic heterocycles. The summed E-state index contributed by atoms with van der Waals surface area (Å²) in [6.07, 6.45) is 1.11. The molecule has 1 amide bonds. The van der Waals surface area contributed by atoms with E-state index in [0.29, 0.717) is 17.9 Å². The third kappa shape index (κ3) is 6.95. The minimum atomic E-state index is 0.00296. The Morgan fingerprint density at radius 3 is 2.46 bits per heavy atom. The molecule has 0 spiro atoms. The predicted octanol–water partition coefficient (Wildman–Crippen LogP) is 5.31. The summed E-state index contributed by atoms with van der Waals surface area (Å²) in [6.45, 7) is 6.36. The van der Waals surface area contributed by atoms with Gasteiger partial charge in [-0.1, -0.05) is 23.7 Å². The first-order valence-electron chi connectivity index (χ1n) is 7.90. The minimum Gasteiger partial charge on any atom is -0.326 e. The van der Waals surface area contributed by atoms with E-state index in [2.05, 4.69) is 30.8 Å². The van der Waals surface area contributed by atoms with E-state index in [1.54, 1.807) is 11.9 Å². The van der Waals surface area contributed by atoms with E-state index >= 15 is 0 Å². The lowest BCUT2D eigenvalue weighted by Gasteiger charge is -2.19. The van der Waals surface area contributed by atoms with Crippen LogP contribution in [0.15, 0.2) is 53.4 Å². The van der Waals surface area contributed by atoms with Gasteiger partial charge in [0.1, 0.15) is 0 Å². The molecule has 2 aromatic carbocycles. The molecule has 2 N–H and O–H groups in total. The number of hydrogen-bond acceptors (Lipinski definition) is 3. The quantitative estimate of drug-likeness (QED) is 0.684. The molecule has 0 radical (unpaired) electrons. The summed E-state index contributed by atoms with van der Waals surface area (Å²) in [6, 6.07) is 15.4. The number of halogens is 1. The maximum absolute atomic E-state index is 12.1. The summed E-state index contributed by atoms with van der Waals surface area (Å²) >= 11 is 7.54. The number of anilines is 1. The standard InChI is InChI=1S/C19H23ClN2OS/c1-19(2,3)22-24-17-10-8-16(9-11-17)21-18(23)12-7-14-5-4-6-15(20)13-14/h4-6,8-11,13,22H,7,12H2,1-3H3,(H,21,23). The van der Waals surface area contributed by atoms with Crippen molar-refractivity contribution in [2.75, 3.05) is 5.32 Å². The molecule has 24 heavy (non-hydrogen) atoms. The summed E-state index contributed by atoms with van der Waals surface area (Å²) in [4.78, 5) is 13.2. The van der Waals surface area contributed by atoms with Gasteiger partial charge < -0.3 is 5.32 Å². The zero-order valence-corrected chi connectivity index (χ0v) is 15.8. The molecular formula is C19H23ClN2OS. The van der Waals surface area contributed by atoms with E-state index in [0.717, 1.165) is 16.1 Å². The average Bonchev–Trinajstić information content (AvgIpc) is 2.52. The Bertz CT molecular complexity index is 681. The fourth-order valence-electron chi connectivity index (χ4n) is 1.99. The van der Waals surface area contributed by atoms with Gasteiger partial charge in [0.25, 0.3) is 0 Å². The second-order valence-corrected chi connectivity index (χ2v) is 7.97. The Morgan fingerprint density at radius 1 is 1.12 bits per heavy atom. The number of carbonyl (C=O) groups excluding carboxylic acids is 1. The first-order valence-corrected chi connectivity index (χ1v) is 9.10. The highest BCUT2D eigenvalue weighted by Crippen LogP contribution is 2.20. The molecule has 0 atom stereocenters. The maximum Gasteiger partial charge on any atom is 0.224 e. The van der Waals surface area contributed by atoms with E-state index in [9.17, 15) is 4.79 Å². The van der Waals surface area contributed by atoms with Crippen molar-refractivity contribution in [3.63, 3.8) is 0 Å². The van der Waals surface area contributed by atoms with E-state index in [-0.39, 0.29) is 11.4 Å². The van der Waals surface area contributed by atoms with Gasteiger partial charge in [0.05, 0.1) is 0 Å². The molecule has 0 bridgehead atoms. The number of amides is 1. The third-order valence-corrected chi connectivity index (χ3v) is 4.60. The second kappa shape index (κ2) is 8.56. The molecule has 0 unspecified atom stereocenters. The number of benzene rings is 2. The highest BCUT2D eigenvalue weighted by Gasteiger charge is 2.09. The number of nitrogens with one attached hydrogen (secondary N) is 2. The zero-order valence-electron chi connectivity index (χ0n) is 14.2. The van der Waals surface area contributed by atoms with Crippen LogP contribution in [0.4, 0.5) is 5.69 Å². The van der Waals surface area contributed by atoms with Gasteiger partial charge in [0.15, 0.2) is 0 Å². The van der Waals surface area contributed by atoms with Crippen LogP contribution in [-0.2, 0) is 11.2 Å². The van der Waals surface area contributed by atoms with Crippen molar-refractivity contribution in [2.45, 2.75) is 44.0 Å². The van der Waals surface area contributed by atoms with Crippen LogP contribution >= 0.6 is 23.5 Å². The molecule has 0 saturated carbocycles. The molecular weight excluding hydrogens is 340 g/mol. The van der Waals surface area contributed by atoms with Crippen LogP contribution in [0.3, 0.4) is 0 Å².